The second-order valence-electron chi connectivity index (χ2n) is 7.58. The second-order valence-corrected chi connectivity index (χ2v) is 8.49. The van der Waals surface area contributed by atoms with Crippen molar-refractivity contribution in [1.82, 2.24) is 0 Å². The molecule has 0 aromatic heterocycles. The molecule has 0 radical (unpaired) electrons. The highest BCUT2D eigenvalue weighted by molar-refractivity contribution is 9.10. The molecule has 0 aliphatic heterocycles. The number of aromatic hydroxyl groups is 1. The predicted molar refractivity (Wildman–Crippen MR) is 132 cm³/mol. The van der Waals surface area contributed by atoms with Gasteiger partial charge in [0.2, 0.25) is 0 Å². The van der Waals surface area contributed by atoms with Crippen molar-refractivity contribution in [2.45, 2.75) is 25.0 Å². The maximum Gasteiger partial charge on any atom is 0.269 e. The molecule has 0 aliphatic rings. The molecule has 0 amide bonds. The smallest absolute Gasteiger partial charge is 0.269 e. The summed E-state index contributed by atoms with van der Waals surface area (Å²) in [5.41, 5.74) is 4.61. The minimum absolute atomic E-state index is 0.00527. The Labute approximate surface area is 205 Å². The maximum absolute atomic E-state index is 10.9. The van der Waals surface area contributed by atoms with Crippen LogP contribution in [-0.2, 0) is 0 Å². The van der Waals surface area contributed by atoms with E-state index in [4.69, 9.17) is 4.74 Å². The van der Waals surface area contributed by atoms with Crippen molar-refractivity contribution in [3.8, 4) is 11.5 Å². The number of nitrogens with zero attached hydrogens (tertiary/aromatic N) is 1. The molecule has 0 bridgehead atoms. The van der Waals surface area contributed by atoms with Crippen molar-refractivity contribution >= 4 is 21.6 Å². The van der Waals surface area contributed by atoms with E-state index in [9.17, 15) is 25.4 Å². The first kappa shape index (κ1) is 25.2. The topological polar surface area (TPSA) is 113 Å². The number of nitro benzene ring substituents is 1. The SMILES string of the molecule is O=[N+]([O-])c1ccc([C@H](O)CC(=C=CC[C@@H](O)c2cc(Br)ccc2O)COc2ccccc2)cc1. The van der Waals surface area contributed by atoms with Crippen LogP contribution < -0.4 is 4.74 Å². The third-order valence-electron chi connectivity index (χ3n) is 5.08. The molecule has 3 aromatic carbocycles. The monoisotopic (exact) mass is 525 g/mol. The fourth-order valence-corrected chi connectivity index (χ4v) is 3.63. The van der Waals surface area contributed by atoms with Gasteiger partial charge in [-0.1, -0.05) is 34.1 Å². The van der Waals surface area contributed by atoms with Gasteiger partial charge in [0, 0.05) is 40.6 Å². The molecule has 176 valence electrons. The number of rotatable bonds is 10. The molecule has 0 spiro atoms. The number of phenolic OH excluding ortho intramolecular Hbond substituents is 1. The largest absolute Gasteiger partial charge is 0.508 e. The van der Waals surface area contributed by atoms with E-state index in [1.165, 1.54) is 30.3 Å². The van der Waals surface area contributed by atoms with Crippen LogP contribution in [0.2, 0.25) is 0 Å². The summed E-state index contributed by atoms with van der Waals surface area (Å²) in [6.45, 7) is 0.156. The molecule has 7 nitrogen and oxygen atoms in total. The van der Waals surface area contributed by atoms with Crippen molar-refractivity contribution in [3.05, 3.63) is 116 Å². The number of halogens is 1. The third kappa shape index (κ3) is 7.30. The van der Waals surface area contributed by atoms with Gasteiger partial charge in [0.1, 0.15) is 18.1 Å². The number of hydrogen-bond donors (Lipinski definition) is 3. The van der Waals surface area contributed by atoms with E-state index in [-0.39, 0.29) is 30.9 Å². The number of aliphatic hydroxyl groups excluding tert-OH is 2. The van der Waals surface area contributed by atoms with Crippen molar-refractivity contribution in [1.29, 1.82) is 0 Å². The first-order valence-corrected chi connectivity index (χ1v) is 11.3. The predicted octanol–water partition coefficient (Wildman–Crippen LogP) is 5.77. The van der Waals surface area contributed by atoms with Crippen molar-refractivity contribution < 1.29 is 25.0 Å². The Morgan fingerprint density at radius 1 is 1.06 bits per heavy atom. The Hall–Kier alpha value is -3.42. The standard InChI is InChI=1S/C26H24BrNO6/c27-20-11-14-25(30)23(16-20)24(29)8-4-5-18(17-34-22-6-2-1-3-7-22)15-26(31)19-9-12-21(13-10-19)28(32)33/h1-4,6-7,9-14,16,24,26,29-31H,8,15,17H2/t5?,24-,26-/m1/s1. The lowest BCUT2D eigenvalue weighted by Gasteiger charge is -2.14. The fraction of sp³-hybridized carbons (Fsp3) is 0.192. The molecule has 2 atom stereocenters. The summed E-state index contributed by atoms with van der Waals surface area (Å²) >= 11 is 3.33. The van der Waals surface area contributed by atoms with Gasteiger partial charge in [-0.15, -0.1) is 5.73 Å². The molecule has 0 saturated heterocycles. The highest BCUT2D eigenvalue weighted by Crippen LogP contribution is 2.30. The molecule has 8 heteroatoms. The highest BCUT2D eigenvalue weighted by Gasteiger charge is 2.14. The number of para-hydroxylation sites is 1. The molecule has 3 aromatic rings. The van der Waals surface area contributed by atoms with Gasteiger partial charge in [0.15, 0.2) is 0 Å². The van der Waals surface area contributed by atoms with E-state index >= 15 is 0 Å². The van der Waals surface area contributed by atoms with Gasteiger partial charge in [0.25, 0.3) is 5.69 Å². The Bertz CT molecular complexity index is 1170. The summed E-state index contributed by atoms with van der Waals surface area (Å²) < 4.78 is 6.54. The van der Waals surface area contributed by atoms with E-state index in [1.807, 2.05) is 30.3 Å². The third-order valence-corrected chi connectivity index (χ3v) is 5.57. The molecule has 0 heterocycles. The molecular formula is C26H24BrNO6. The lowest BCUT2D eigenvalue weighted by atomic mass is 10.0. The summed E-state index contributed by atoms with van der Waals surface area (Å²) in [5, 5.41) is 42.0. The maximum atomic E-state index is 10.9. The minimum Gasteiger partial charge on any atom is -0.508 e. The van der Waals surface area contributed by atoms with Crippen LogP contribution in [0, 0.1) is 10.1 Å². The Morgan fingerprint density at radius 3 is 2.44 bits per heavy atom. The van der Waals surface area contributed by atoms with E-state index in [1.54, 1.807) is 18.2 Å². The number of benzene rings is 3. The molecule has 0 saturated carbocycles. The van der Waals surface area contributed by atoms with Crippen LogP contribution in [0.3, 0.4) is 0 Å². The molecule has 3 rings (SSSR count). The van der Waals surface area contributed by atoms with Gasteiger partial charge in [-0.05, 0) is 54.1 Å². The summed E-state index contributed by atoms with van der Waals surface area (Å²) in [5.74, 6) is 0.653. The van der Waals surface area contributed by atoms with Crippen molar-refractivity contribution in [2.75, 3.05) is 6.61 Å². The second kappa shape index (κ2) is 12.2. The zero-order valence-electron chi connectivity index (χ0n) is 18.2. The number of phenols is 1. The van der Waals surface area contributed by atoms with Crippen LogP contribution in [0.4, 0.5) is 5.69 Å². The summed E-state index contributed by atoms with van der Waals surface area (Å²) in [6, 6.07) is 19.8. The highest BCUT2D eigenvalue weighted by atomic mass is 79.9. The molecule has 0 fully saturated rings. The van der Waals surface area contributed by atoms with E-state index in [0.717, 1.165) is 4.47 Å². The van der Waals surface area contributed by atoms with E-state index in [2.05, 4.69) is 21.7 Å². The Morgan fingerprint density at radius 2 is 1.76 bits per heavy atom. The number of hydrogen-bond acceptors (Lipinski definition) is 6. The Kier molecular flexibility index (Phi) is 9.01. The van der Waals surface area contributed by atoms with Crippen LogP contribution in [0.1, 0.15) is 36.2 Å². The van der Waals surface area contributed by atoms with Gasteiger partial charge in [0.05, 0.1) is 17.1 Å². The number of ether oxygens (including phenoxy) is 1. The van der Waals surface area contributed by atoms with Crippen molar-refractivity contribution in [3.63, 3.8) is 0 Å². The van der Waals surface area contributed by atoms with Gasteiger partial charge >= 0.3 is 0 Å². The van der Waals surface area contributed by atoms with Crippen LogP contribution in [0.5, 0.6) is 11.5 Å². The molecule has 0 unspecified atom stereocenters. The van der Waals surface area contributed by atoms with Gasteiger partial charge in [-0.25, -0.2) is 0 Å². The quantitative estimate of drug-likeness (QED) is 0.176. The van der Waals surface area contributed by atoms with Crippen LogP contribution in [0.25, 0.3) is 0 Å². The normalized spacial score (nSPS) is 12.3. The molecule has 0 aliphatic carbocycles. The van der Waals surface area contributed by atoms with Crippen molar-refractivity contribution in [2.24, 2.45) is 0 Å². The zero-order valence-corrected chi connectivity index (χ0v) is 19.8. The number of aliphatic hydroxyl groups is 2. The van der Waals surface area contributed by atoms with Crippen LogP contribution >= 0.6 is 15.9 Å². The van der Waals surface area contributed by atoms with E-state index < -0.39 is 17.1 Å². The average molecular weight is 526 g/mol. The molecule has 3 N–H and O–H groups in total. The minimum atomic E-state index is -0.944. The summed E-state index contributed by atoms with van der Waals surface area (Å²) in [6.07, 6.45) is 0.138. The summed E-state index contributed by atoms with van der Waals surface area (Å²) in [4.78, 5) is 10.4. The Balaban J connectivity index is 1.76. The first-order chi connectivity index (χ1) is 16.3. The zero-order chi connectivity index (χ0) is 24.5. The van der Waals surface area contributed by atoms with Crippen LogP contribution in [0.15, 0.2) is 94.6 Å². The summed E-state index contributed by atoms with van der Waals surface area (Å²) in [7, 11) is 0. The van der Waals surface area contributed by atoms with Gasteiger partial charge in [-0.2, -0.15) is 0 Å². The molecular weight excluding hydrogens is 502 g/mol. The lowest BCUT2D eigenvalue weighted by molar-refractivity contribution is -0.384. The molecule has 34 heavy (non-hydrogen) atoms. The first-order valence-electron chi connectivity index (χ1n) is 10.5. The van der Waals surface area contributed by atoms with Gasteiger partial charge < -0.3 is 20.1 Å². The lowest BCUT2D eigenvalue weighted by Crippen LogP contribution is -2.06. The number of nitro groups is 1. The fourth-order valence-electron chi connectivity index (χ4n) is 3.25. The average Bonchev–Trinajstić information content (AvgIpc) is 2.84. The number of non-ortho nitro benzene ring substituents is 1. The van der Waals surface area contributed by atoms with Crippen LogP contribution in [-0.4, -0.2) is 26.8 Å². The van der Waals surface area contributed by atoms with E-state index in [0.29, 0.717) is 22.4 Å². The van der Waals surface area contributed by atoms with Gasteiger partial charge in [-0.3, -0.25) is 10.1 Å².